The molecule has 0 fully saturated rings. The highest BCUT2D eigenvalue weighted by molar-refractivity contribution is 9.10. The second-order valence-electron chi connectivity index (χ2n) is 4.80. The van der Waals surface area contributed by atoms with E-state index in [2.05, 4.69) is 43.3 Å². The molecule has 0 aliphatic rings. The molecule has 5 heteroatoms. The van der Waals surface area contributed by atoms with E-state index in [1.54, 1.807) is 0 Å². The summed E-state index contributed by atoms with van der Waals surface area (Å²) in [7, 11) is 0. The summed E-state index contributed by atoms with van der Waals surface area (Å²) in [6.45, 7) is 3.82. The minimum atomic E-state index is 0.380. The van der Waals surface area contributed by atoms with Crippen molar-refractivity contribution < 1.29 is 0 Å². The maximum Gasteiger partial charge on any atom is 0.172 e. The lowest BCUT2D eigenvalue weighted by Crippen LogP contribution is -2.01. The third-order valence-electron chi connectivity index (χ3n) is 3.39. The molecule has 1 aromatic heterocycles. The molecule has 3 rings (SSSR count). The molecule has 106 valence electrons. The van der Waals surface area contributed by atoms with Crippen molar-refractivity contribution in [3.8, 4) is 0 Å². The summed E-state index contributed by atoms with van der Waals surface area (Å²) >= 11 is 9.76. The lowest BCUT2D eigenvalue weighted by atomic mass is 10.1. The number of hydrogen-bond acceptors (Lipinski definition) is 3. The Morgan fingerprint density at radius 2 is 1.62 bits per heavy atom. The van der Waals surface area contributed by atoms with E-state index >= 15 is 0 Å². The average Bonchev–Trinajstić information content (AvgIpc) is 2.48. The van der Waals surface area contributed by atoms with Gasteiger partial charge < -0.3 is 5.32 Å². The lowest BCUT2D eigenvalue weighted by Gasteiger charge is -2.12. The molecule has 0 saturated heterocycles. The van der Waals surface area contributed by atoms with E-state index in [1.807, 2.05) is 38.1 Å². The summed E-state index contributed by atoms with van der Waals surface area (Å²) in [6, 6.07) is 12.2. The van der Waals surface area contributed by atoms with E-state index in [9.17, 15) is 0 Å². The van der Waals surface area contributed by atoms with Gasteiger partial charge in [-0.05, 0) is 31.4 Å². The van der Waals surface area contributed by atoms with Crippen molar-refractivity contribution in [1.82, 2.24) is 9.97 Å². The topological polar surface area (TPSA) is 37.8 Å². The highest BCUT2D eigenvalue weighted by atomic mass is 79.9. The maximum absolute atomic E-state index is 6.19. The standard InChI is InChI=1S/C16H13BrClN3/c1-9-10(2)20-16(15(18)19-9)21-14-8-7-13(17)11-5-3-4-6-12(11)14/h3-8H,1-2H3,(H,20,21). The minimum Gasteiger partial charge on any atom is -0.337 e. The lowest BCUT2D eigenvalue weighted by molar-refractivity contribution is 1.05. The number of rotatable bonds is 2. The fraction of sp³-hybridized carbons (Fsp3) is 0.125. The monoisotopic (exact) mass is 361 g/mol. The molecule has 1 N–H and O–H groups in total. The first-order valence-electron chi connectivity index (χ1n) is 6.51. The van der Waals surface area contributed by atoms with Gasteiger partial charge in [0.1, 0.15) is 0 Å². The minimum absolute atomic E-state index is 0.380. The van der Waals surface area contributed by atoms with Crippen molar-refractivity contribution in [2.45, 2.75) is 13.8 Å². The normalized spacial score (nSPS) is 10.9. The second kappa shape index (κ2) is 5.62. The Balaban J connectivity index is 2.11. The molecule has 0 saturated carbocycles. The van der Waals surface area contributed by atoms with E-state index in [-0.39, 0.29) is 0 Å². The van der Waals surface area contributed by atoms with Gasteiger partial charge in [-0.3, -0.25) is 0 Å². The molecule has 0 atom stereocenters. The van der Waals surface area contributed by atoms with Crippen LogP contribution in [0, 0.1) is 13.8 Å². The fourth-order valence-electron chi connectivity index (χ4n) is 2.15. The first-order chi connectivity index (χ1) is 10.1. The number of nitrogens with one attached hydrogen (secondary N) is 1. The third-order valence-corrected chi connectivity index (χ3v) is 4.34. The number of aromatic nitrogens is 2. The van der Waals surface area contributed by atoms with Crippen LogP contribution in [0.2, 0.25) is 5.15 Å². The van der Waals surface area contributed by atoms with Gasteiger partial charge in [-0.25, -0.2) is 9.97 Å². The molecule has 0 spiro atoms. The van der Waals surface area contributed by atoms with E-state index in [1.165, 1.54) is 0 Å². The van der Waals surface area contributed by atoms with Crippen LogP contribution < -0.4 is 5.32 Å². The van der Waals surface area contributed by atoms with Gasteiger partial charge >= 0.3 is 0 Å². The molecule has 0 bridgehead atoms. The summed E-state index contributed by atoms with van der Waals surface area (Å²) in [6.07, 6.45) is 0. The van der Waals surface area contributed by atoms with Gasteiger partial charge in [0, 0.05) is 15.5 Å². The number of fused-ring (bicyclic) bond motifs is 1. The summed E-state index contributed by atoms with van der Waals surface area (Å²) in [5, 5.41) is 5.90. The van der Waals surface area contributed by atoms with Crippen LogP contribution in [0.4, 0.5) is 11.5 Å². The van der Waals surface area contributed by atoms with Crippen molar-refractivity contribution in [2.75, 3.05) is 5.32 Å². The first-order valence-corrected chi connectivity index (χ1v) is 7.68. The Hall–Kier alpha value is -1.65. The Kier molecular flexibility index (Phi) is 3.83. The number of halogens is 2. The number of benzene rings is 2. The van der Waals surface area contributed by atoms with Crippen molar-refractivity contribution in [3.05, 3.63) is 57.4 Å². The molecule has 3 nitrogen and oxygen atoms in total. The molecule has 0 unspecified atom stereocenters. The molecule has 2 aromatic carbocycles. The van der Waals surface area contributed by atoms with Gasteiger partial charge in [0.05, 0.1) is 11.4 Å². The van der Waals surface area contributed by atoms with Crippen LogP contribution in [0.5, 0.6) is 0 Å². The SMILES string of the molecule is Cc1nc(Cl)c(Nc2ccc(Br)c3ccccc23)nc1C. The molecule has 0 radical (unpaired) electrons. The summed E-state index contributed by atoms with van der Waals surface area (Å²) < 4.78 is 1.06. The zero-order chi connectivity index (χ0) is 15.0. The van der Waals surface area contributed by atoms with Gasteiger partial charge in [0.2, 0.25) is 0 Å². The molecule has 0 amide bonds. The summed E-state index contributed by atoms with van der Waals surface area (Å²) in [4.78, 5) is 8.78. The zero-order valence-electron chi connectivity index (χ0n) is 11.6. The van der Waals surface area contributed by atoms with E-state index < -0.39 is 0 Å². The summed E-state index contributed by atoms with van der Waals surface area (Å²) in [5.74, 6) is 0.576. The van der Waals surface area contributed by atoms with Crippen molar-refractivity contribution >= 4 is 49.8 Å². The maximum atomic E-state index is 6.19. The van der Waals surface area contributed by atoms with Gasteiger partial charge in [-0.15, -0.1) is 0 Å². The quantitative estimate of drug-likeness (QED) is 0.662. The van der Waals surface area contributed by atoms with E-state index in [4.69, 9.17) is 11.6 Å². The van der Waals surface area contributed by atoms with Crippen LogP contribution in [0.1, 0.15) is 11.4 Å². The fourth-order valence-corrected chi connectivity index (χ4v) is 2.85. The van der Waals surface area contributed by atoms with Crippen molar-refractivity contribution in [1.29, 1.82) is 0 Å². The molecule has 0 aliphatic heterocycles. The molecule has 21 heavy (non-hydrogen) atoms. The van der Waals surface area contributed by atoms with Gasteiger partial charge in [0.25, 0.3) is 0 Å². The predicted octanol–water partition coefficient (Wildman–Crippen LogP) is 5.41. The van der Waals surface area contributed by atoms with Gasteiger partial charge in [-0.1, -0.05) is 51.8 Å². The van der Waals surface area contributed by atoms with Gasteiger partial charge in [-0.2, -0.15) is 0 Å². The van der Waals surface area contributed by atoms with E-state index in [0.717, 1.165) is 32.3 Å². The van der Waals surface area contributed by atoms with Crippen LogP contribution in [-0.2, 0) is 0 Å². The van der Waals surface area contributed by atoms with Crippen LogP contribution in [0.3, 0.4) is 0 Å². The van der Waals surface area contributed by atoms with Gasteiger partial charge in [0.15, 0.2) is 11.0 Å². The zero-order valence-corrected chi connectivity index (χ0v) is 14.0. The Morgan fingerprint density at radius 1 is 0.952 bits per heavy atom. The number of nitrogens with zero attached hydrogens (tertiary/aromatic N) is 2. The highest BCUT2D eigenvalue weighted by Crippen LogP contribution is 2.32. The smallest absolute Gasteiger partial charge is 0.172 e. The average molecular weight is 363 g/mol. The van der Waals surface area contributed by atoms with Crippen LogP contribution in [-0.4, -0.2) is 9.97 Å². The molecular weight excluding hydrogens is 350 g/mol. The van der Waals surface area contributed by atoms with E-state index in [0.29, 0.717) is 11.0 Å². The molecule has 1 heterocycles. The molecule has 0 aliphatic carbocycles. The third kappa shape index (κ3) is 2.74. The van der Waals surface area contributed by atoms with Crippen LogP contribution in [0.25, 0.3) is 10.8 Å². The Bertz CT molecular complexity index is 833. The molecular formula is C16H13BrClN3. The predicted molar refractivity (Wildman–Crippen MR) is 91.4 cm³/mol. The number of anilines is 2. The Labute approximate surface area is 136 Å². The van der Waals surface area contributed by atoms with Crippen molar-refractivity contribution in [2.24, 2.45) is 0 Å². The van der Waals surface area contributed by atoms with Crippen LogP contribution >= 0.6 is 27.5 Å². The molecule has 3 aromatic rings. The summed E-state index contributed by atoms with van der Waals surface area (Å²) in [5.41, 5.74) is 2.66. The Morgan fingerprint density at radius 3 is 2.38 bits per heavy atom. The largest absolute Gasteiger partial charge is 0.337 e. The number of aryl methyl sites for hydroxylation is 2. The van der Waals surface area contributed by atoms with Crippen molar-refractivity contribution in [3.63, 3.8) is 0 Å². The van der Waals surface area contributed by atoms with Crippen LogP contribution in [0.15, 0.2) is 40.9 Å². The second-order valence-corrected chi connectivity index (χ2v) is 6.01. The number of hydrogen-bond donors (Lipinski definition) is 1. The highest BCUT2D eigenvalue weighted by Gasteiger charge is 2.10. The first kappa shape index (κ1) is 14.3.